The Balaban J connectivity index is 1.30. The van der Waals surface area contributed by atoms with Gasteiger partial charge in [0.15, 0.2) is 6.40 Å². The first-order valence-corrected chi connectivity index (χ1v) is 12.6. The average molecular weight is 471 g/mol. The molecule has 4 aromatic rings. The molecule has 1 aromatic heterocycles. The molecule has 2 unspecified atom stereocenters. The van der Waals surface area contributed by atoms with Gasteiger partial charge >= 0.3 is 0 Å². The van der Waals surface area contributed by atoms with Gasteiger partial charge in [-0.05, 0) is 73.4 Å². The second kappa shape index (κ2) is 10.5. The molecule has 0 spiro atoms. The fraction of sp³-hybridized carbons (Fsp3) is 0.379. The number of nitrogens with one attached hydrogen (secondary N) is 2. The molecule has 6 nitrogen and oxygen atoms in total. The van der Waals surface area contributed by atoms with Gasteiger partial charge in [-0.2, -0.15) is 5.10 Å². The van der Waals surface area contributed by atoms with Crippen molar-refractivity contribution >= 4 is 28.1 Å². The number of fused-ring (bicyclic) bond motifs is 2. The largest absolute Gasteiger partial charge is 0.492 e. The second-order valence-electron chi connectivity index (χ2n) is 9.63. The van der Waals surface area contributed by atoms with Gasteiger partial charge in [-0.15, -0.1) is 0 Å². The van der Waals surface area contributed by atoms with Crippen LogP contribution in [0.25, 0.3) is 32.9 Å². The van der Waals surface area contributed by atoms with Crippen LogP contribution in [0.1, 0.15) is 38.7 Å². The molecular formula is C29H34N4O2. The van der Waals surface area contributed by atoms with E-state index in [2.05, 4.69) is 83.5 Å². The first-order chi connectivity index (χ1) is 17.1. The number of likely N-dealkylation sites (tertiary alicyclic amines) is 1. The standard InChI is InChI=1S/C29H34N4O2/c1-20-4-3-5-21(2)33(20)13-15-35-26-10-9-23-17-25(8-7-24(23)18-26)29-27-16-22(12-14-34-19-30)6-11-28(27)31-32-29/h6-11,16-21,30H,3-5,12-15H2,1-2H3,(H,31,32). The maximum absolute atomic E-state index is 7.02. The smallest absolute Gasteiger partial charge is 0.166 e. The van der Waals surface area contributed by atoms with Crippen LogP contribution < -0.4 is 4.74 Å². The van der Waals surface area contributed by atoms with Gasteiger partial charge in [-0.3, -0.25) is 15.4 Å². The highest BCUT2D eigenvalue weighted by Crippen LogP contribution is 2.31. The van der Waals surface area contributed by atoms with E-state index in [1.165, 1.54) is 24.6 Å². The van der Waals surface area contributed by atoms with Crippen LogP contribution in [0.3, 0.4) is 0 Å². The van der Waals surface area contributed by atoms with Crippen LogP contribution in [0.4, 0.5) is 0 Å². The molecular weight excluding hydrogens is 436 g/mol. The Morgan fingerprint density at radius 1 is 1.00 bits per heavy atom. The van der Waals surface area contributed by atoms with Crippen LogP contribution in [-0.2, 0) is 11.2 Å². The zero-order valence-electron chi connectivity index (χ0n) is 20.6. The van der Waals surface area contributed by atoms with Crippen molar-refractivity contribution in [1.82, 2.24) is 15.1 Å². The summed E-state index contributed by atoms with van der Waals surface area (Å²) in [6.07, 6.45) is 5.65. The lowest BCUT2D eigenvalue weighted by atomic mass is 9.98. The van der Waals surface area contributed by atoms with Crippen molar-refractivity contribution in [3.63, 3.8) is 0 Å². The summed E-state index contributed by atoms with van der Waals surface area (Å²) < 4.78 is 11.2. The number of nitrogens with zero attached hydrogens (tertiary/aromatic N) is 2. The summed E-state index contributed by atoms with van der Waals surface area (Å²) in [6, 6.07) is 20.4. The third kappa shape index (κ3) is 5.17. The lowest BCUT2D eigenvalue weighted by Crippen LogP contribution is -2.45. The third-order valence-electron chi connectivity index (χ3n) is 7.30. The van der Waals surface area contributed by atoms with E-state index in [0.717, 1.165) is 58.2 Å². The van der Waals surface area contributed by atoms with E-state index in [9.17, 15) is 0 Å². The molecule has 1 aliphatic heterocycles. The highest BCUT2D eigenvalue weighted by atomic mass is 16.5. The molecule has 6 heteroatoms. The van der Waals surface area contributed by atoms with E-state index >= 15 is 0 Å². The minimum absolute atomic E-state index is 0.499. The molecule has 1 saturated heterocycles. The number of rotatable bonds is 9. The lowest BCUT2D eigenvalue weighted by Gasteiger charge is -2.38. The van der Waals surface area contributed by atoms with Crippen molar-refractivity contribution in [3.8, 4) is 17.0 Å². The van der Waals surface area contributed by atoms with Crippen molar-refractivity contribution in [1.29, 1.82) is 5.41 Å². The lowest BCUT2D eigenvalue weighted by molar-refractivity contribution is 0.0852. The maximum Gasteiger partial charge on any atom is 0.166 e. The molecule has 2 heterocycles. The van der Waals surface area contributed by atoms with E-state index in [4.69, 9.17) is 14.9 Å². The molecule has 0 amide bonds. The van der Waals surface area contributed by atoms with Gasteiger partial charge in [0, 0.05) is 36.0 Å². The van der Waals surface area contributed by atoms with Crippen molar-refractivity contribution in [2.24, 2.45) is 0 Å². The van der Waals surface area contributed by atoms with Gasteiger partial charge < -0.3 is 9.47 Å². The predicted molar refractivity (Wildman–Crippen MR) is 142 cm³/mol. The zero-order valence-corrected chi connectivity index (χ0v) is 20.6. The van der Waals surface area contributed by atoms with E-state index in [0.29, 0.717) is 25.3 Å². The topological polar surface area (TPSA) is 74.2 Å². The highest BCUT2D eigenvalue weighted by molar-refractivity contribution is 5.96. The van der Waals surface area contributed by atoms with Gasteiger partial charge in [0.1, 0.15) is 12.4 Å². The summed E-state index contributed by atoms with van der Waals surface area (Å²) in [7, 11) is 0. The summed E-state index contributed by atoms with van der Waals surface area (Å²) in [5, 5.41) is 18.2. The molecule has 0 saturated carbocycles. The number of hydrogen-bond donors (Lipinski definition) is 2. The molecule has 2 atom stereocenters. The van der Waals surface area contributed by atoms with Crippen LogP contribution in [0.2, 0.25) is 0 Å². The Morgan fingerprint density at radius 2 is 1.80 bits per heavy atom. The zero-order chi connectivity index (χ0) is 24.2. The second-order valence-corrected chi connectivity index (χ2v) is 9.63. The minimum atomic E-state index is 0.499. The number of benzene rings is 3. The van der Waals surface area contributed by atoms with Crippen LogP contribution in [0.5, 0.6) is 5.75 Å². The normalized spacial score (nSPS) is 18.7. The van der Waals surface area contributed by atoms with Gasteiger partial charge in [0.2, 0.25) is 0 Å². The fourth-order valence-electron chi connectivity index (χ4n) is 5.32. The van der Waals surface area contributed by atoms with Crippen molar-refractivity contribution in [2.75, 3.05) is 19.8 Å². The number of piperidine rings is 1. The van der Waals surface area contributed by atoms with E-state index < -0.39 is 0 Å². The van der Waals surface area contributed by atoms with Crippen LogP contribution in [0, 0.1) is 5.41 Å². The third-order valence-corrected chi connectivity index (χ3v) is 7.30. The molecule has 3 aromatic carbocycles. The Labute approximate surface area is 206 Å². The van der Waals surface area contributed by atoms with Gasteiger partial charge in [0.25, 0.3) is 0 Å². The van der Waals surface area contributed by atoms with Gasteiger partial charge in [-0.1, -0.05) is 30.7 Å². The monoisotopic (exact) mass is 470 g/mol. The number of hydrogen-bond acceptors (Lipinski definition) is 5. The number of H-pyrrole nitrogens is 1. The summed E-state index contributed by atoms with van der Waals surface area (Å²) in [5.41, 5.74) is 4.20. The van der Waals surface area contributed by atoms with E-state index in [1.54, 1.807) is 0 Å². The van der Waals surface area contributed by atoms with Crippen molar-refractivity contribution in [3.05, 3.63) is 60.2 Å². The average Bonchev–Trinajstić information content (AvgIpc) is 3.29. The molecule has 1 aliphatic rings. The number of aromatic nitrogens is 2. The Kier molecular flexibility index (Phi) is 7.00. The van der Waals surface area contributed by atoms with Crippen molar-refractivity contribution < 1.29 is 9.47 Å². The molecule has 0 bridgehead atoms. The van der Waals surface area contributed by atoms with Gasteiger partial charge in [0.05, 0.1) is 17.8 Å². The Morgan fingerprint density at radius 3 is 2.63 bits per heavy atom. The molecule has 182 valence electrons. The SMILES string of the molecule is CC1CCCC(C)N1CCOc1ccc2cc(-c3n[nH]c4ccc(CCOC=N)cc34)ccc2c1. The molecule has 2 N–H and O–H groups in total. The quantitative estimate of drug-likeness (QED) is 0.174. The summed E-state index contributed by atoms with van der Waals surface area (Å²) >= 11 is 0. The predicted octanol–water partition coefficient (Wildman–Crippen LogP) is 6.19. The summed E-state index contributed by atoms with van der Waals surface area (Å²) in [4.78, 5) is 2.58. The Hall–Kier alpha value is -3.38. The van der Waals surface area contributed by atoms with Crippen molar-refractivity contribution in [2.45, 2.75) is 51.6 Å². The van der Waals surface area contributed by atoms with E-state index in [-0.39, 0.29) is 0 Å². The number of ether oxygens (including phenoxy) is 2. The van der Waals surface area contributed by atoms with Crippen LogP contribution >= 0.6 is 0 Å². The van der Waals surface area contributed by atoms with Crippen LogP contribution in [0.15, 0.2) is 54.6 Å². The van der Waals surface area contributed by atoms with Crippen LogP contribution in [-0.4, -0.2) is 53.3 Å². The number of aromatic amines is 1. The first kappa shape index (κ1) is 23.4. The highest BCUT2D eigenvalue weighted by Gasteiger charge is 2.24. The summed E-state index contributed by atoms with van der Waals surface area (Å²) in [6.45, 7) is 6.85. The molecule has 35 heavy (non-hydrogen) atoms. The fourth-order valence-corrected chi connectivity index (χ4v) is 5.32. The molecule has 1 fully saturated rings. The minimum Gasteiger partial charge on any atom is -0.492 e. The van der Waals surface area contributed by atoms with E-state index in [1.807, 2.05) is 0 Å². The Bertz CT molecular complexity index is 1300. The molecule has 0 aliphatic carbocycles. The first-order valence-electron chi connectivity index (χ1n) is 12.6. The molecule has 5 rings (SSSR count). The maximum atomic E-state index is 7.02. The van der Waals surface area contributed by atoms with Gasteiger partial charge in [-0.25, -0.2) is 0 Å². The summed E-state index contributed by atoms with van der Waals surface area (Å²) in [5.74, 6) is 0.921. The molecule has 0 radical (unpaired) electrons.